The van der Waals surface area contributed by atoms with Crippen LogP contribution in [0.4, 0.5) is 0 Å². The standard InChI is InChI=1S/C13H18O2S/c1-11-5-7-12(8-6-11)16(14,15)10-9-13(2,3)4/h5-10H,1-4H3/b10-9+. The van der Waals surface area contributed by atoms with Gasteiger partial charge in [0.05, 0.1) is 4.90 Å². The first kappa shape index (κ1) is 13.0. The minimum Gasteiger partial charge on any atom is -0.219 e. The molecule has 88 valence electrons. The third-order valence-electron chi connectivity index (χ3n) is 2.10. The fourth-order valence-electron chi connectivity index (χ4n) is 1.10. The number of aryl methyl sites for hydroxylation is 1. The first-order valence-corrected chi connectivity index (χ1v) is 6.76. The lowest BCUT2D eigenvalue weighted by molar-refractivity contribution is 0.543. The predicted molar refractivity (Wildman–Crippen MR) is 67.0 cm³/mol. The molecule has 0 saturated carbocycles. The molecule has 0 radical (unpaired) electrons. The second kappa shape index (κ2) is 4.42. The second-order valence-corrected chi connectivity index (χ2v) is 6.86. The molecule has 0 aliphatic carbocycles. The minimum absolute atomic E-state index is 0.127. The maximum Gasteiger partial charge on any atom is 0.199 e. The number of hydrogen-bond donors (Lipinski definition) is 0. The zero-order valence-electron chi connectivity index (χ0n) is 10.2. The normalized spacial score (nSPS) is 13.2. The number of allylic oxidation sites excluding steroid dienone is 1. The summed E-state index contributed by atoms with van der Waals surface area (Å²) in [4.78, 5) is 0.346. The molecule has 0 N–H and O–H groups in total. The Bertz CT molecular complexity index is 474. The van der Waals surface area contributed by atoms with E-state index < -0.39 is 9.84 Å². The Balaban J connectivity index is 3.04. The van der Waals surface area contributed by atoms with Gasteiger partial charge in [-0.3, -0.25) is 0 Å². The van der Waals surface area contributed by atoms with Gasteiger partial charge in [-0.05, 0) is 24.5 Å². The molecule has 1 rings (SSSR count). The highest BCUT2D eigenvalue weighted by atomic mass is 32.2. The first-order chi connectivity index (χ1) is 7.21. The van der Waals surface area contributed by atoms with Gasteiger partial charge in [-0.25, -0.2) is 8.42 Å². The molecule has 0 atom stereocenters. The van der Waals surface area contributed by atoms with Crippen molar-refractivity contribution >= 4 is 9.84 Å². The lowest BCUT2D eigenvalue weighted by atomic mass is 9.98. The summed E-state index contributed by atoms with van der Waals surface area (Å²) < 4.78 is 23.8. The highest BCUT2D eigenvalue weighted by Crippen LogP contribution is 2.19. The molecule has 0 aromatic heterocycles. The van der Waals surface area contributed by atoms with Gasteiger partial charge in [-0.15, -0.1) is 0 Å². The zero-order chi connectivity index (χ0) is 12.4. The monoisotopic (exact) mass is 238 g/mol. The van der Waals surface area contributed by atoms with E-state index in [4.69, 9.17) is 0 Å². The van der Waals surface area contributed by atoms with Crippen molar-refractivity contribution in [2.75, 3.05) is 0 Å². The van der Waals surface area contributed by atoms with E-state index in [2.05, 4.69) is 0 Å². The number of sulfone groups is 1. The van der Waals surface area contributed by atoms with Crippen LogP contribution in [0.25, 0.3) is 0 Å². The molecule has 0 bridgehead atoms. The van der Waals surface area contributed by atoms with Crippen LogP contribution >= 0.6 is 0 Å². The van der Waals surface area contributed by atoms with E-state index in [1.54, 1.807) is 30.3 Å². The maximum atomic E-state index is 11.9. The lowest BCUT2D eigenvalue weighted by Gasteiger charge is -2.11. The van der Waals surface area contributed by atoms with Crippen LogP contribution in [0.3, 0.4) is 0 Å². The van der Waals surface area contributed by atoms with E-state index in [0.29, 0.717) is 4.90 Å². The van der Waals surface area contributed by atoms with Gasteiger partial charge < -0.3 is 0 Å². The molecule has 0 aliphatic rings. The average Bonchev–Trinajstić information content (AvgIpc) is 2.15. The van der Waals surface area contributed by atoms with Gasteiger partial charge in [0.1, 0.15) is 0 Å². The Morgan fingerprint density at radius 2 is 1.56 bits per heavy atom. The lowest BCUT2D eigenvalue weighted by Crippen LogP contribution is -2.02. The molecule has 0 heterocycles. The van der Waals surface area contributed by atoms with Gasteiger partial charge in [0.25, 0.3) is 0 Å². The molecule has 0 saturated heterocycles. The van der Waals surface area contributed by atoms with Crippen molar-refractivity contribution in [2.45, 2.75) is 32.6 Å². The van der Waals surface area contributed by atoms with Gasteiger partial charge in [-0.1, -0.05) is 44.5 Å². The van der Waals surface area contributed by atoms with Crippen LogP contribution in [0.5, 0.6) is 0 Å². The summed E-state index contributed by atoms with van der Waals surface area (Å²) in [6, 6.07) is 6.88. The van der Waals surface area contributed by atoms with Crippen LogP contribution in [0.2, 0.25) is 0 Å². The molecule has 1 aromatic rings. The SMILES string of the molecule is Cc1ccc(S(=O)(=O)/C=C/C(C)(C)C)cc1. The molecule has 1 aromatic carbocycles. The van der Waals surface area contributed by atoms with Crippen molar-refractivity contribution in [3.8, 4) is 0 Å². The van der Waals surface area contributed by atoms with Crippen LogP contribution in [0.15, 0.2) is 40.6 Å². The van der Waals surface area contributed by atoms with Gasteiger partial charge >= 0.3 is 0 Å². The zero-order valence-corrected chi connectivity index (χ0v) is 11.0. The Hall–Kier alpha value is -1.09. The fraction of sp³-hybridized carbons (Fsp3) is 0.385. The van der Waals surface area contributed by atoms with Gasteiger partial charge in [0, 0.05) is 5.41 Å². The summed E-state index contributed by atoms with van der Waals surface area (Å²) in [5, 5.41) is 1.29. The van der Waals surface area contributed by atoms with Crippen LogP contribution < -0.4 is 0 Å². The highest BCUT2D eigenvalue weighted by Gasteiger charge is 2.12. The van der Waals surface area contributed by atoms with E-state index in [0.717, 1.165) is 5.56 Å². The molecule has 16 heavy (non-hydrogen) atoms. The number of hydrogen-bond acceptors (Lipinski definition) is 2. The molecule has 2 nitrogen and oxygen atoms in total. The Morgan fingerprint density at radius 1 is 1.06 bits per heavy atom. The van der Waals surface area contributed by atoms with Gasteiger partial charge in [0.2, 0.25) is 0 Å². The summed E-state index contributed by atoms with van der Waals surface area (Å²) in [7, 11) is -3.29. The van der Waals surface area contributed by atoms with Crippen molar-refractivity contribution in [3.05, 3.63) is 41.3 Å². The van der Waals surface area contributed by atoms with E-state index in [9.17, 15) is 8.42 Å². The number of benzene rings is 1. The van der Waals surface area contributed by atoms with E-state index in [1.165, 1.54) is 5.41 Å². The molecule has 0 aliphatic heterocycles. The maximum absolute atomic E-state index is 11.9. The highest BCUT2D eigenvalue weighted by molar-refractivity contribution is 7.94. The van der Waals surface area contributed by atoms with E-state index >= 15 is 0 Å². The smallest absolute Gasteiger partial charge is 0.199 e. The Kier molecular flexibility index (Phi) is 3.58. The third-order valence-corrected chi connectivity index (χ3v) is 3.52. The van der Waals surface area contributed by atoms with Crippen molar-refractivity contribution in [3.63, 3.8) is 0 Å². The molecule has 0 unspecified atom stereocenters. The van der Waals surface area contributed by atoms with Crippen LogP contribution in [0.1, 0.15) is 26.3 Å². The van der Waals surface area contributed by atoms with Crippen LogP contribution in [-0.2, 0) is 9.84 Å². The molecule has 0 fully saturated rings. The van der Waals surface area contributed by atoms with E-state index in [1.807, 2.05) is 27.7 Å². The van der Waals surface area contributed by atoms with Crippen LogP contribution in [0, 0.1) is 12.3 Å². The van der Waals surface area contributed by atoms with E-state index in [-0.39, 0.29) is 5.41 Å². The summed E-state index contributed by atoms with van der Waals surface area (Å²) in [5.41, 5.74) is 0.927. The first-order valence-electron chi connectivity index (χ1n) is 5.22. The average molecular weight is 238 g/mol. The summed E-state index contributed by atoms with van der Waals surface area (Å²) in [5.74, 6) is 0. The summed E-state index contributed by atoms with van der Waals surface area (Å²) in [6.45, 7) is 7.83. The molecule has 0 spiro atoms. The summed E-state index contributed by atoms with van der Waals surface area (Å²) in [6.07, 6.45) is 1.71. The van der Waals surface area contributed by atoms with Crippen molar-refractivity contribution < 1.29 is 8.42 Å². The van der Waals surface area contributed by atoms with Gasteiger partial charge in [0.15, 0.2) is 9.84 Å². The molecule has 3 heteroatoms. The predicted octanol–water partition coefficient (Wildman–Crippen LogP) is 3.33. The summed E-state index contributed by atoms with van der Waals surface area (Å²) >= 11 is 0. The van der Waals surface area contributed by atoms with Crippen molar-refractivity contribution in [1.82, 2.24) is 0 Å². The quantitative estimate of drug-likeness (QED) is 0.792. The Morgan fingerprint density at radius 3 is 2.00 bits per heavy atom. The van der Waals surface area contributed by atoms with Crippen LogP contribution in [-0.4, -0.2) is 8.42 Å². The molecule has 0 amide bonds. The number of rotatable bonds is 2. The van der Waals surface area contributed by atoms with Gasteiger partial charge in [-0.2, -0.15) is 0 Å². The largest absolute Gasteiger partial charge is 0.219 e. The minimum atomic E-state index is -3.29. The van der Waals surface area contributed by atoms with Crippen molar-refractivity contribution in [2.24, 2.45) is 5.41 Å². The fourth-order valence-corrected chi connectivity index (χ4v) is 2.36. The topological polar surface area (TPSA) is 34.1 Å². The second-order valence-electron chi connectivity index (χ2n) is 5.03. The molecular formula is C13H18O2S. The Labute approximate surface area is 97.9 Å². The molecular weight excluding hydrogens is 220 g/mol. The van der Waals surface area contributed by atoms with Crippen molar-refractivity contribution in [1.29, 1.82) is 0 Å². The third kappa shape index (κ3) is 3.81.